The van der Waals surface area contributed by atoms with Crippen LogP contribution >= 0.6 is 30.4 Å². The third-order valence-electron chi connectivity index (χ3n) is 1.19. The van der Waals surface area contributed by atoms with Gasteiger partial charge in [-0.25, -0.2) is 0 Å². The Hall–Kier alpha value is -0.100. The Labute approximate surface area is 82.1 Å². The van der Waals surface area contributed by atoms with Crippen LogP contribution in [0.5, 0.6) is 11.5 Å². The van der Waals surface area contributed by atoms with E-state index < -0.39 is 0 Å². The second-order valence-electron chi connectivity index (χ2n) is 1.82. The second-order valence-corrected chi connectivity index (χ2v) is 3.19. The predicted molar refractivity (Wildman–Crippen MR) is 55.2 cm³/mol. The standard InChI is InChI=1S/C7H7IO2S/c1-9-6-2-4-7(5-3-6)10-11-8/h2-5H,1H3. The van der Waals surface area contributed by atoms with Crippen molar-refractivity contribution >= 4 is 30.4 Å². The summed E-state index contributed by atoms with van der Waals surface area (Å²) >= 11 is 2.07. The van der Waals surface area contributed by atoms with Gasteiger partial charge in [0.05, 0.1) is 7.11 Å². The molecule has 1 aromatic rings. The van der Waals surface area contributed by atoms with Gasteiger partial charge >= 0.3 is 0 Å². The highest BCUT2D eigenvalue weighted by Gasteiger charge is 1.93. The number of hydrogen-bond acceptors (Lipinski definition) is 3. The minimum absolute atomic E-state index is 0.838. The van der Waals surface area contributed by atoms with E-state index in [2.05, 4.69) is 21.2 Å². The minimum atomic E-state index is 0.838. The lowest BCUT2D eigenvalue weighted by Crippen LogP contribution is -1.81. The molecular weight excluding hydrogens is 275 g/mol. The van der Waals surface area contributed by atoms with Crippen LogP contribution in [-0.2, 0) is 0 Å². The van der Waals surface area contributed by atoms with Crippen molar-refractivity contribution in [2.45, 2.75) is 0 Å². The molecule has 1 rings (SSSR count). The first-order chi connectivity index (χ1) is 5.36. The lowest BCUT2D eigenvalue weighted by Gasteiger charge is -2.00. The van der Waals surface area contributed by atoms with E-state index in [1.54, 1.807) is 7.11 Å². The molecule has 4 heteroatoms. The summed E-state index contributed by atoms with van der Waals surface area (Å²) in [7, 11) is 2.94. The first kappa shape index (κ1) is 8.99. The molecule has 0 aliphatic carbocycles. The average Bonchev–Trinajstić information content (AvgIpc) is 2.07. The van der Waals surface area contributed by atoms with Crippen molar-refractivity contribution < 1.29 is 8.92 Å². The maximum atomic E-state index is 5.15. The van der Waals surface area contributed by atoms with Crippen LogP contribution in [0, 0.1) is 0 Å². The van der Waals surface area contributed by atoms with Gasteiger partial charge in [-0.05, 0) is 24.3 Å². The van der Waals surface area contributed by atoms with Gasteiger partial charge in [0.25, 0.3) is 0 Å². The number of benzene rings is 1. The van der Waals surface area contributed by atoms with Gasteiger partial charge in [-0.3, -0.25) is 0 Å². The summed E-state index contributed by atoms with van der Waals surface area (Å²) in [6.45, 7) is 0. The monoisotopic (exact) mass is 282 g/mol. The Kier molecular flexibility index (Phi) is 3.85. The largest absolute Gasteiger partial charge is 0.497 e. The Bertz CT molecular complexity index is 212. The van der Waals surface area contributed by atoms with Crippen LogP contribution in [0.3, 0.4) is 0 Å². The molecule has 0 aliphatic heterocycles. The maximum absolute atomic E-state index is 5.15. The van der Waals surface area contributed by atoms with Crippen LogP contribution in [-0.4, -0.2) is 7.11 Å². The Morgan fingerprint density at radius 1 is 1.18 bits per heavy atom. The van der Waals surface area contributed by atoms with Gasteiger partial charge in [0.15, 0.2) is 0 Å². The van der Waals surface area contributed by atoms with Crippen LogP contribution in [0.4, 0.5) is 0 Å². The molecule has 0 bridgehead atoms. The molecule has 0 N–H and O–H groups in total. The summed E-state index contributed by atoms with van der Waals surface area (Å²) in [6, 6.07) is 7.46. The van der Waals surface area contributed by atoms with Gasteiger partial charge in [0.1, 0.15) is 20.7 Å². The van der Waals surface area contributed by atoms with E-state index in [0.29, 0.717) is 0 Å². The minimum Gasteiger partial charge on any atom is -0.497 e. The number of rotatable bonds is 3. The lowest BCUT2D eigenvalue weighted by atomic mass is 10.3. The van der Waals surface area contributed by atoms with Crippen LogP contribution < -0.4 is 8.92 Å². The van der Waals surface area contributed by atoms with E-state index in [1.165, 1.54) is 9.21 Å². The number of halogens is 1. The van der Waals surface area contributed by atoms with E-state index in [0.717, 1.165) is 11.5 Å². The first-order valence-corrected chi connectivity index (χ1v) is 6.24. The van der Waals surface area contributed by atoms with Crippen LogP contribution in [0.25, 0.3) is 0 Å². The number of hydrogen-bond donors (Lipinski definition) is 0. The molecule has 0 fully saturated rings. The Morgan fingerprint density at radius 3 is 2.18 bits per heavy atom. The average molecular weight is 282 g/mol. The summed E-state index contributed by atoms with van der Waals surface area (Å²) in [6.07, 6.45) is 0. The zero-order valence-electron chi connectivity index (χ0n) is 5.91. The van der Waals surface area contributed by atoms with Gasteiger partial charge in [-0.1, -0.05) is 0 Å². The van der Waals surface area contributed by atoms with Crippen LogP contribution in [0.15, 0.2) is 24.3 Å². The van der Waals surface area contributed by atoms with Crippen LogP contribution in [0.2, 0.25) is 0 Å². The smallest absolute Gasteiger partial charge is 0.138 e. The fourth-order valence-corrected chi connectivity index (χ4v) is 1.47. The summed E-state index contributed by atoms with van der Waals surface area (Å²) in [5.74, 6) is 1.68. The van der Waals surface area contributed by atoms with E-state index in [-0.39, 0.29) is 0 Å². The molecule has 0 aliphatic rings. The highest BCUT2D eigenvalue weighted by Crippen LogP contribution is 2.23. The van der Waals surface area contributed by atoms with Crippen molar-refractivity contribution in [3.05, 3.63) is 24.3 Å². The quantitative estimate of drug-likeness (QED) is 0.627. The van der Waals surface area contributed by atoms with Crippen molar-refractivity contribution in [3.8, 4) is 11.5 Å². The van der Waals surface area contributed by atoms with Gasteiger partial charge in [0.2, 0.25) is 0 Å². The van der Waals surface area contributed by atoms with Crippen molar-refractivity contribution in [2.75, 3.05) is 7.11 Å². The Balaban J connectivity index is 2.66. The molecule has 0 radical (unpaired) electrons. The molecule has 60 valence electrons. The fraction of sp³-hybridized carbons (Fsp3) is 0.143. The maximum Gasteiger partial charge on any atom is 0.138 e. The molecule has 0 atom stereocenters. The zero-order valence-corrected chi connectivity index (χ0v) is 8.89. The van der Waals surface area contributed by atoms with Crippen molar-refractivity contribution in [2.24, 2.45) is 0 Å². The third-order valence-corrected chi connectivity index (χ3v) is 1.98. The van der Waals surface area contributed by atoms with Crippen molar-refractivity contribution in [1.29, 1.82) is 0 Å². The Morgan fingerprint density at radius 2 is 1.73 bits per heavy atom. The molecule has 11 heavy (non-hydrogen) atoms. The SMILES string of the molecule is COc1ccc(OSI)cc1. The molecule has 0 aromatic heterocycles. The van der Waals surface area contributed by atoms with Crippen molar-refractivity contribution in [1.82, 2.24) is 0 Å². The molecular formula is C7H7IO2S. The van der Waals surface area contributed by atoms with Gasteiger partial charge in [0, 0.05) is 21.2 Å². The van der Waals surface area contributed by atoms with E-state index in [1.807, 2.05) is 24.3 Å². The third kappa shape index (κ3) is 2.78. The van der Waals surface area contributed by atoms with Gasteiger partial charge in [-0.2, -0.15) is 0 Å². The highest BCUT2D eigenvalue weighted by molar-refractivity contribution is 14.2. The number of methoxy groups -OCH3 is 1. The van der Waals surface area contributed by atoms with E-state index in [4.69, 9.17) is 8.92 Å². The molecule has 0 saturated heterocycles. The normalized spacial score (nSPS) is 9.27. The fourth-order valence-electron chi connectivity index (χ4n) is 0.668. The molecule has 2 nitrogen and oxygen atoms in total. The topological polar surface area (TPSA) is 18.5 Å². The van der Waals surface area contributed by atoms with Gasteiger partial charge < -0.3 is 8.92 Å². The summed E-state index contributed by atoms with van der Waals surface area (Å²) in [4.78, 5) is 0. The molecule has 0 unspecified atom stereocenters. The van der Waals surface area contributed by atoms with Crippen molar-refractivity contribution in [3.63, 3.8) is 0 Å². The molecule has 0 saturated carbocycles. The molecule has 0 spiro atoms. The molecule has 0 heterocycles. The second kappa shape index (κ2) is 4.71. The zero-order chi connectivity index (χ0) is 8.10. The van der Waals surface area contributed by atoms with Crippen LogP contribution in [0.1, 0.15) is 0 Å². The van der Waals surface area contributed by atoms with E-state index in [9.17, 15) is 0 Å². The first-order valence-electron chi connectivity index (χ1n) is 2.96. The van der Waals surface area contributed by atoms with E-state index >= 15 is 0 Å². The summed E-state index contributed by atoms with van der Waals surface area (Å²) < 4.78 is 10.1. The van der Waals surface area contributed by atoms with Gasteiger partial charge in [-0.15, -0.1) is 0 Å². The molecule has 0 amide bonds. The highest BCUT2D eigenvalue weighted by atomic mass is 127. The molecule has 1 aromatic carbocycles. The number of ether oxygens (including phenoxy) is 1. The summed E-state index contributed by atoms with van der Waals surface area (Å²) in [5.41, 5.74) is 0. The summed E-state index contributed by atoms with van der Waals surface area (Å²) in [5, 5.41) is 0. The lowest BCUT2D eigenvalue weighted by molar-refractivity contribution is 0.414. The predicted octanol–water partition coefficient (Wildman–Crippen LogP) is 3.07.